The standard InChI is InChI=1S/C29H30F6N4O4/c1-28(2,3)43-27(41)36-18(10-17-12-21(31)22(32)14-20(17)30)13-24(40)38-8-9-39-23(15-38)25(37-26(39)29(33,34)35)16-6-5-7-19(11-16)42-4/h5-7,11-12,14,18H,8-10,13,15H2,1-4H3,(H,36,41). The van der Waals surface area contributed by atoms with Gasteiger partial charge in [-0.2, -0.15) is 13.2 Å². The summed E-state index contributed by atoms with van der Waals surface area (Å²) in [5.41, 5.74) is -0.686. The van der Waals surface area contributed by atoms with Crippen molar-refractivity contribution in [1.29, 1.82) is 0 Å². The van der Waals surface area contributed by atoms with Crippen LogP contribution in [0.3, 0.4) is 0 Å². The summed E-state index contributed by atoms with van der Waals surface area (Å²) in [5, 5.41) is 2.47. The molecular weight excluding hydrogens is 582 g/mol. The van der Waals surface area contributed by atoms with Crippen LogP contribution >= 0.6 is 0 Å². The average Bonchev–Trinajstić information content (AvgIpc) is 3.30. The van der Waals surface area contributed by atoms with Crippen LogP contribution in [0.5, 0.6) is 5.75 Å². The number of hydrogen-bond donors (Lipinski definition) is 1. The van der Waals surface area contributed by atoms with Crippen molar-refractivity contribution in [3.63, 3.8) is 0 Å². The monoisotopic (exact) mass is 612 g/mol. The maximum atomic E-state index is 14.5. The van der Waals surface area contributed by atoms with Gasteiger partial charge in [-0.3, -0.25) is 4.79 Å². The lowest BCUT2D eigenvalue weighted by Gasteiger charge is -2.31. The van der Waals surface area contributed by atoms with Crippen LogP contribution in [0.1, 0.15) is 44.3 Å². The molecule has 4 rings (SSSR count). The Morgan fingerprint density at radius 3 is 2.37 bits per heavy atom. The fourth-order valence-corrected chi connectivity index (χ4v) is 4.77. The van der Waals surface area contributed by atoms with E-state index in [1.165, 1.54) is 18.1 Å². The normalized spacial score (nSPS) is 14.2. The number of nitrogens with zero attached hydrogens (tertiary/aromatic N) is 3. The van der Waals surface area contributed by atoms with E-state index in [0.717, 1.165) is 4.57 Å². The first kappa shape index (κ1) is 31.7. The summed E-state index contributed by atoms with van der Waals surface area (Å²) in [6, 6.07) is 6.20. The van der Waals surface area contributed by atoms with Crippen LogP contribution < -0.4 is 10.1 Å². The van der Waals surface area contributed by atoms with Crippen LogP contribution in [0.4, 0.5) is 31.1 Å². The van der Waals surface area contributed by atoms with Crippen LogP contribution in [0, 0.1) is 17.5 Å². The Bertz CT molecular complexity index is 1520. The number of fused-ring (bicyclic) bond motifs is 1. The molecule has 232 valence electrons. The number of hydrogen-bond acceptors (Lipinski definition) is 5. The number of ether oxygens (including phenoxy) is 2. The summed E-state index contributed by atoms with van der Waals surface area (Å²) in [4.78, 5) is 31.2. The van der Waals surface area contributed by atoms with Crippen LogP contribution in [0.25, 0.3) is 11.3 Å². The number of alkyl halides is 3. The van der Waals surface area contributed by atoms with Gasteiger partial charge >= 0.3 is 12.3 Å². The van der Waals surface area contributed by atoms with E-state index in [1.807, 2.05) is 0 Å². The summed E-state index contributed by atoms with van der Waals surface area (Å²) < 4.78 is 94.9. The number of methoxy groups -OCH3 is 1. The quantitative estimate of drug-likeness (QED) is 0.267. The third-order valence-corrected chi connectivity index (χ3v) is 6.65. The Morgan fingerprint density at radius 2 is 1.72 bits per heavy atom. The molecular formula is C29H30F6N4O4. The minimum Gasteiger partial charge on any atom is -0.497 e. The van der Waals surface area contributed by atoms with Crippen molar-refractivity contribution < 1.29 is 45.4 Å². The second-order valence-electron chi connectivity index (χ2n) is 11.0. The van der Waals surface area contributed by atoms with Gasteiger partial charge in [-0.1, -0.05) is 12.1 Å². The highest BCUT2D eigenvalue weighted by atomic mass is 19.4. The van der Waals surface area contributed by atoms with Crippen LogP contribution in [-0.4, -0.2) is 51.7 Å². The number of benzene rings is 2. The third kappa shape index (κ3) is 7.59. The smallest absolute Gasteiger partial charge is 0.449 e. The third-order valence-electron chi connectivity index (χ3n) is 6.65. The van der Waals surface area contributed by atoms with E-state index in [1.54, 1.807) is 39.0 Å². The molecule has 0 bridgehead atoms. The maximum absolute atomic E-state index is 14.5. The van der Waals surface area contributed by atoms with E-state index >= 15 is 0 Å². The minimum atomic E-state index is -4.75. The Morgan fingerprint density at radius 1 is 1.02 bits per heavy atom. The van der Waals surface area contributed by atoms with E-state index < -0.39 is 65.9 Å². The molecule has 1 aliphatic rings. The van der Waals surface area contributed by atoms with Gasteiger partial charge in [-0.25, -0.2) is 22.9 Å². The van der Waals surface area contributed by atoms with Gasteiger partial charge in [0.15, 0.2) is 11.6 Å². The Kier molecular flexibility index (Phi) is 8.97. The first-order chi connectivity index (χ1) is 20.1. The largest absolute Gasteiger partial charge is 0.497 e. The number of carbonyl (C=O) groups is 2. The second kappa shape index (κ2) is 12.2. The van der Waals surface area contributed by atoms with Crippen LogP contribution in [0.2, 0.25) is 0 Å². The fraction of sp³-hybridized carbons (Fsp3) is 0.414. The zero-order valence-corrected chi connectivity index (χ0v) is 23.8. The van der Waals surface area contributed by atoms with E-state index in [0.29, 0.717) is 23.4 Å². The first-order valence-electron chi connectivity index (χ1n) is 13.3. The van der Waals surface area contributed by atoms with Crippen molar-refractivity contribution in [2.45, 2.75) is 64.5 Å². The highest BCUT2D eigenvalue weighted by Crippen LogP contribution is 2.36. The second-order valence-corrected chi connectivity index (χ2v) is 11.0. The topological polar surface area (TPSA) is 85.7 Å². The lowest BCUT2D eigenvalue weighted by Crippen LogP contribution is -2.45. The molecule has 2 heterocycles. The summed E-state index contributed by atoms with van der Waals surface area (Å²) >= 11 is 0. The van der Waals surface area contributed by atoms with Gasteiger partial charge in [0.2, 0.25) is 11.7 Å². The minimum absolute atomic E-state index is 0.0241. The van der Waals surface area contributed by atoms with Gasteiger partial charge in [0.05, 0.1) is 25.0 Å². The number of alkyl carbamates (subject to hydrolysis) is 1. The number of nitrogens with one attached hydrogen (secondary N) is 1. The van der Waals surface area contributed by atoms with Crippen molar-refractivity contribution in [2.75, 3.05) is 13.7 Å². The molecule has 1 atom stereocenters. The van der Waals surface area contributed by atoms with Crippen LogP contribution in [-0.2, 0) is 35.2 Å². The molecule has 0 fully saturated rings. The zero-order valence-electron chi connectivity index (χ0n) is 23.8. The maximum Gasteiger partial charge on any atom is 0.449 e. The summed E-state index contributed by atoms with van der Waals surface area (Å²) in [5.74, 6) is -5.08. The molecule has 0 saturated carbocycles. The van der Waals surface area contributed by atoms with Gasteiger partial charge in [0.1, 0.15) is 17.2 Å². The van der Waals surface area contributed by atoms with E-state index in [9.17, 15) is 35.9 Å². The molecule has 2 amide bonds. The highest BCUT2D eigenvalue weighted by Gasteiger charge is 2.41. The van der Waals surface area contributed by atoms with Crippen LogP contribution in [0.15, 0.2) is 36.4 Å². The summed E-state index contributed by atoms with van der Waals surface area (Å²) in [6.45, 7) is 4.25. The first-order valence-corrected chi connectivity index (χ1v) is 13.3. The molecule has 3 aromatic rings. The molecule has 14 heteroatoms. The molecule has 2 aromatic carbocycles. The molecule has 43 heavy (non-hydrogen) atoms. The molecule has 1 aliphatic heterocycles. The Balaban J connectivity index is 1.62. The van der Waals surface area contributed by atoms with Crippen molar-refractivity contribution in [1.82, 2.24) is 19.8 Å². The molecule has 0 radical (unpaired) electrons. The Labute approximate surface area is 243 Å². The van der Waals surface area contributed by atoms with Gasteiger partial charge in [-0.15, -0.1) is 0 Å². The number of halogens is 6. The lowest BCUT2D eigenvalue weighted by molar-refractivity contribution is -0.148. The molecule has 1 aromatic heterocycles. The number of amides is 2. The number of imidazole rings is 1. The summed E-state index contributed by atoms with van der Waals surface area (Å²) in [7, 11) is 1.41. The fourth-order valence-electron chi connectivity index (χ4n) is 4.77. The number of aromatic nitrogens is 2. The molecule has 1 unspecified atom stereocenters. The van der Waals surface area contributed by atoms with Gasteiger partial charge < -0.3 is 24.3 Å². The number of carbonyl (C=O) groups excluding carboxylic acids is 2. The predicted molar refractivity (Wildman–Crippen MR) is 142 cm³/mol. The summed E-state index contributed by atoms with van der Waals surface area (Å²) in [6.07, 6.45) is -6.52. The SMILES string of the molecule is COc1cccc(-c2nc(C(F)(F)F)n3c2CN(C(=O)CC(Cc2cc(F)c(F)cc2F)NC(=O)OC(C)(C)C)CC3)c1. The molecule has 0 aliphatic carbocycles. The Hall–Kier alpha value is -4.23. The lowest BCUT2D eigenvalue weighted by atomic mass is 10.0. The number of rotatable bonds is 7. The molecule has 1 N–H and O–H groups in total. The van der Waals surface area contributed by atoms with Gasteiger partial charge in [-0.05, 0) is 51.0 Å². The van der Waals surface area contributed by atoms with E-state index in [2.05, 4.69) is 10.3 Å². The molecule has 0 saturated heterocycles. The zero-order chi connectivity index (χ0) is 31.7. The van der Waals surface area contributed by atoms with E-state index in [4.69, 9.17) is 9.47 Å². The van der Waals surface area contributed by atoms with Gasteiger partial charge in [0, 0.05) is 37.2 Å². The van der Waals surface area contributed by atoms with Crippen molar-refractivity contribution in [2.24, 2.45) is 0 Å². The van der Waals surface area contributed by atoms with Gasteiger partial charge in [0.25, 0.3) is 0 Å². The van der Waals surface area contributed by atoms with Crippen molar-refractivity contribution in [3.8, 4) is 17.0 Å². The highest BCUT2D eigenvalue weighted by molar-refractivity contribution is 5.78. The average molecular weight is 613 g/mol. The predicted octanol–water partition coefficient (Wildman–Crippen LogP) is 5.86. The van der Waals surface area contributed by atoms with E-state index in [-0.39, 0.29) is 36.6 Å². The molecule has 8 nitrogen and oxygen atoms in total. The van der Waals surface area contributed by atoms with Crippen molar-refractivity contribution in [3.05, 3.63) is 70.9 Å². The molecule has 0 spiro atoms. The van der Waals surface area contributed by atoms with Crippen molar-refractivity contribution >= 4 is 12.0 Å².